The van der Waals surface area contributed by atoms with E-state index in [0.29, 0.717) is 6.42 Å². The summed E-state index contributed by atoms with van der Waals surface area (Å²) in [7, 11) is 0. The van der Waals surface area contributed by atoms with E-state index >= 15 is 0 Å². The standard InChI is InChI=1S/C10H14O2/c1-3-8(2)6-10(12)5-4-9(11)7-10/h3-5,12H,6-7H2,1-2H3. The molecule has 2 heteroatoms. The van der Waals surface area contributed by atoms with Crippen LogP contribution in [0, 0.1) is 0 Å². The minimum Gasteiger partial charge on any atom is -0.385 e. The van der Waals surface area contributed by atoms with Crippen molar-refractivity contribution in [2.75, 3.05) is 0 Å². The van der Waals surface area contributed by atoms with E-state index in [0.717, 1.165) is 5.57 Å². The van der Waals surface area contributed by atoms with Gasteiger partial charge in [-0.2, -0.15) is 0 Å². The summed E-state index contributed by atoms with van der Waals surface area (Å²) in [6, 6.07) is 0. The predicted molar refractivity (Wildman–Crippen MR) is 47.8 cm³/mol. The van der Waals surface area contributed by atoms with E-state index in [1.165, 1.54) is 6.08 Å². The smallest absolute Gasteiger partial charge is 0.158 e. The van der Waals surface area contributed by atoms with Gasteiger partial charge in [-0.25, -0.2) is 0 Å². The lowest BCUT2D eigenvalue weighted by molar-refractivity contribution is -0.116. The van der Waals surface area contributed by atoms with Crippen molar-refractivity contribution in [2.45, 2.75) is 32.3 Å². The maximum atomic E-state index is 10.9. The molecule has 0 amide bonds. The summed E-state index contributed by atoms with van der Waals surface area (Å²) in [5.74, 6) is 0.0152. The zero-order valence-corrected chi connectivity index (χ0v) is 7.50. The lowest BCUT2D eigenvalue weighted by Gasteiger charge is -2.19. The van der Waals surface area contributed by atoms with Crippen LogP contribution in [0.1, 0.15) is 26.7 Å². The van der Waals surface area contributed by atoms with Crippen molar-refractivity contribution < 1.29 is 9.90 Å². The third-order valence-corrected chi connectivity index (χ3v) is 2.14. The lowest BCUT2D eigenvalue weighted by atomic mass is 9.94. The van der Waals surface area contributed by atoms with E-state index in [-0.39, 0.29) is 12.2 Å². The number of carbonyl (C=O) groups is 1. The molecule has 1 N–H and O–H groups in total. The Morgan fingerprint density at radius 3 is 2.92 bits per heavy atom. The summed E-state index contributed by atoms with van der Waals surface area (Å²) in [4.78, 5) is 10.9. The maximum Gasteiger partial charge on any atom is 0.158 e. The van der Waals surface area contributed by atoms with Gasteiger partial charge in [0.1, 0.15) is 0 Å². The second-order valence-electron chi connectivity index (χ2n) is 3.39. The first-order valence-corrected chi connectivity index (χ1v) is 4.12. The van der Waals surface area contributed by atoms with Crippen LogP contribution < -0.4 is 0 Å². The molecule has 0 heterocycles. The molecule has 1 rings (SSSR count). The van der Waals surface area contributed by atoms with E-state index < -0.39 is 5.60 Å². The molecule has 0 fully saturated rings. The van der Waals surface area contributed by atoms with E-state index in [1.54, 1.807) is 6.08 Å². The number of allylic oxidation sites excluding steroid dienone is 2. The number of carbonyl (C=O) groups excluding carboxylic acids is 1. The third-order valence-electron chi connectivity index (χ3n) is 2.14. The zero-order valence-electron chi connectivity index (χ0n) is 7.50. The Morgan fingerprint density at radius 2 is 2.50 bits per heavy atom. The normalized spacial score (nSPS) is 29.9. The van der Waals surface area contributed by atoms with Crippen LogP contribution in [0.15, 0.2) is 23.8 Å². The Hall–Kier alpha value is -0.890. The summed E-state index contributed by atoms with van der Waals surface area (Å²) < 4.78 is 0. The van der Waals surface area contributed by atoms with Crippen LogP contribution in [0.4, 0.5) is 0 Å². The summed E-state index contributed by atoms with van der Waals surface area (Å²) in [6.07, 6.45) is 5.81. The largest absolute Gasteiger partial charge is 0.385 e. The molecule has 0 bridgehead atoms. The number of hydrogen-bond donors (Lipinski definition) is 1. The van der Waals surface area contributed by atoms with E-state index in [1.807, 2.05) is 19.9 Å². The molecule has 0 aliphatic heterocycles. The van der Waals surface area contributed by atoms with Gasteiger partial charge in [0, 0.05) is 12.8 Å². The SMILES string of the molecule is CC=C(C)CC1(O)C=CC(=O)C1. The van der Waals surface area contributed by atoms with Crippen molar-refractivity contribution in [3.8, 4) is 0 Å². The third kappa shape index (κ3) is 2.05. The summed E-state index contributed by atoms with van der Waals surface area (Å²) in [6.45, 7) is 3.88. The van der Waals surface area contributed by atoms with Crippen molar-refractivity contribution in [3.05, 3.63) is 23.8 Å². The molecule has 1 atom stereocenters. The number of aliphatic hydroxyl groups is 1. The lowest BCUT2D eigenvalue weighted by Crippen LogP contribution is -2.24. The van der Waals surface area contributed by atoms with Crippen LogP contribution in [0.3, 0.4) is 0 Å². The van der Waals surface area contributed by atoms with Gasteiger partial charge >= 0.3 is 0 Å². The Balaban J connectivity index is 2.64. The first kappa shape index (κ1) is 9.20. The zero-order chi connectivity index (χ0) is 9.19. The van der Waals surface area contributed by atoms with Gasteiger partial charge in [-0.05, 0) is 26.0 Å². The maximum absolute atomic E-state index is 10.9. The molecular weight excluding hydrogens is 152 g/mol. The molecule has 1 aliphatic carbocycles. The van der Waals surface area contributed by atoms with Crippen LogP contribution in [0.5, 0.6) is 0 Å². The molecule has 12 heavy (non-hydrogen) atoms. The molecule has 0 radical (unpaired) electrons. The molecular formula is C10H14O2. The highest BCUT2D eigenvalue weighted by Gasteiger charge is 2.30. The van der Waals surface area contributed by atoms with Gasteiger partial charge in [-0.15, -0.1) is 0 Å². The van der Waals surface area contributed by atoms with Crippen LogP contribution in [-0.2, 0) is 4.79 Å². The minimum absolute atomic E-state index is 0.0152. The highest BCUT2D eigenvalue weighted by atomic mass is 16.3. The second-order valence-corrected chi connectivity index (χ2v) is 3.39. The number of hydrogen-bond acceptors (Lipinski definition) is 2. The minimum atomic E-state index is -0.909. The van der Waals surface area contributed by atoms with E-state index in [9.17, 15) is 9.90 Å². The molecule has 66 valence electrons. The average Bonchev–Trinajstić information content (AvgIpc) is 2.30. The summed E-state index contributed by atoms with van der Waals surface area (Å²) >= 11 is 0. The van der Waals surface area contributed by atoms with Gasteiger partial charge in [0.15, 0.2) is 5.78 Å². The molecule has 2 nitrogen and oxygen atoms in total. The van der Waals surface area contributed by atoms with Crippen molar-refractivity contribution in [3.63, 3.8) is 0 Å². The van der Waals surface area contributed by atoms with Crippen molar-refractivity contribution >= 4 is 5.78 Å². The van der Waals surface area contributed by atoms with Crippen LogP contribution in [0.2, 0.25) is 0 Å². The highest BCUT2D eigenvalue weighted by Crippen LogP contribution is 2.26. The molecule has 0 aromatic heterocycles. The van der Waals surface area contributed by atoms with Gasteiger partial charge in [-0.1, -0.05) is 11.6 Å². The van der Waals surface area contributed by atoms with Crippen LogP contribution >= 0.6 is 0 Å². The number of ketones is 1. The first-order chi connectivity index (χ1) is 5.56. The fourth-order valence-electron chi connectivity index (χ4n) is 1.37. The van der Waals surface area contributed by atoms with Crippen molar-refractivity contribution in [1.29, 1.82) is 0 Å². The fourth-order valence-corrected chi connectivity index (χ4v) is 1.37. The molecule has 0 spiro atoms. The molecule has 0 aromatic rings. The number of rotatable bonds is 2. The van der Waals surface area contributed by atoms with Gasteiger partial charge in [0.2, 0.25) is 0 Å². The van der Waals surface area contributed by atoms with Gasteiger partial charge < -0.3 is 5.11 Å². The summed E-state index contributed by atoms with van der Waals surface area (Å²) in [5, 5.41) is 9.81. The Labute approximate surface area is 72.6 Å². The monoisotopic (exact) mass is 166 g/mol. The van der Waals surface area contributed by atoms with E-state index in [4.69, 9.17) is 0 Å². The highest BCUT2D eigenvalue weighted by molar-refractivity contribution is 5.93. The summed E-state index contributed by atoms with van der Waals surface area (Å²) in [5.41, 5.74) is 0.199. The molecule has 1 aliphatic rings. The first-order valence-electron chi connectivity index (χ1n) is 4.12. The predicted octanol–water partition coefficient (Wildman–Crippen LogP) is 1.60. The topological polar surface area (TPSA) is 37.3 Å². The van der Waals surface area contributed by atoms with Crippen molar-refractivity contribution in [2.24, 2.45) is 0 Å². The van der Waals surface area contributed by atoms with Gasteiger partial charge in [-0.3, -0.25) is 4.79 Å². The van der Waals surface area contributed by atoms with Crippen LogP contribution in [-0.4, -0.2) is 16.5 Å². The Bertz CT molecular complexity index is 251. The average molecular weight is 166 g/mol. The quantitative estimate of drug-likeness (QED) is 0.633. The molecule has 0 aromatic carbocycles. The molecule has 0 saturated heterocycles. The van der Waals surface area contributed by atoms with Gasteiger partial charge in [0.05, 0.1) is 5.60 Å². The van der Waals surface area contributed by atoms with Gasteiger partial charge in [0.25, 0.3) is 0 Å². The Morgan fingerprint density at radius 1 is 1.83 bits per heavy atom. The molecule has 0 saturated carbocycles. The van der Waals surface area contributed by atoms with Crippen LogP contribution in [0.25, 0.3) is 0 Å². The fraction of sp³-hybridized carbons (Fsp3) is 0.500. The van der Waals surface area contributed by atoms with Crippen molar-refractivity contribution in [1.82, 2.24) is 0 Å². The molecule has 1 unspecified atom stereocenters. The Kier molecular flexibility index (Phi) is 2.48. The second kappa shape index (κ2) is 3.23. The van der Waals surface area contributed by atoms with E-state index in [2.05, 4.69) is 0 Å².